The van der Waals surface area contributed by atoms with Crippen LogP contribution in [0, 0.1) is 17.8 Å². The maximum absolute atomic E-state index is 6.26. The molecule has 2 fully saturated rings. The first kappa shape index (κ1) is 27.2. The van der Waals surface area contributed by atoms with E-state index in [1.165, 1.54) is 148 Å². The van der Waals surface area contributed by atoms with E-state index in [0.29, 0.717) is 6.10 Å². The largest absolute Gasteiger partial charge is 0.378 e. The Bertz CT molecular complexity index is 376. The van der Waals surface area contributed by atoms with Crippen molar-refractivity contribution in [3.05, 3.63) is 0 Å². The highest BCUT2D eigenvalue weighted by Gasteiger charge is 2.30. The van der Waals surface area contributed by atoms with Gasteiger partial charge in [-0.05, 0) is 62.7 Å². The molecule has 0 spiro atoms. The van der Waals surface area contributed by atoms with Crippen LogP contribution in [0.5, 0.6) is 0 Å². The topological polar surface area (TPSA) is 9.23 Å². The van der Waals surface area contributed by atoms with E-state index in [-0.39, 0.29) is 0 Å². The molecular formula is C30H58O. The van der Waals surface area contributed by atoms with Gasteiger partial charge in [0.05, 0.1) is 6.10 Å². The number of rotatable bonds is 18. The molecule has 31 heavy (non-hydrogen) atoms. The molecule has 2 aliphatic carbocycles. The molecule has 0 unspecified atom stereocenters. The van der Waals surface area contributed by atoms with E-state index in [2.05, 4.69) is 13.8 Å². The molecule has 2 rings (SSSR count). The van der Waals surface area contributed by atoms with Gasteiger partial charge in [0, 0.05) is 6.61 Å². The molecule has 2 aliphatic rings. The highest BCUT2D eigenvalue weighted by molar-refractivity contribution is 4.82. The Hall–Kier alpha value is -0.0400. The minimum Gasteiger partial charge on any atom is -0.378 e. The third-order valence-corrected chi connectivity index (χ3v) is 8.59. The Morgan fingerprint density at radius 1 is 0.484 bits per heavy atom. The first-order valence-corrected chi connectivity index (χ1v) is 14.9. The molecule has 184 valence electrons. The maximum atomic E-state index is 6.26. The molecule has 0 aliphatic heterocycles. The maximum Gasteiger partial charge on any atom is 0.0575 e. The van der Waals surface area contributed by atoms with Crippen molar-refractivity contribution in [2.45, 2.75) is 168 Å². The van der Waals surface area contributed by atoms with Gasteiger partial charge in [0.15, 0.2) is 0 Å². The van der Waals surface area contributed by atoms with Crippen LogP contribution in [0.3, 0.4) is 0 Å². The van der Waals surface area contributed by atoms with Crippen LogP contribution in [0.15, 0.2) is 0 Å². The lowest BCUT2D eigenvalue weighted by Crippen LogP contribution is -2.28. The molecule has 0 saturated heterocycles. The van der Waals surface area contributed by atoms with Crippen molar-refractivity contribution >= 4 is 0 Å². The number of ether oxygens (including phenoxy) is 1. The monoisotopic (exact) mass is 434 g/mol. The summed E-state index contributed by atoms with van der Waals surface area (Å²) >= 11 is 0. The van der Waals surface area contributed by atoms with E-state index in [9.17, 15) is 0 Å². The lowest BCUT2D eigenvalue weighted by atomic mass is 9.70. The molecule has 0 aromatic carbocycles. The summed E-state index contributed by atoms with van der Waals surface area (Å²) in [6, 6.07) is 0. The predicted octanol–water partition coefficient (Wildman–Crippen LogP) is 10.3. The predicted molar refractivity (Wildman–Crippen MR) is 138 cm³/mol. The normalized spacial score (nSPS) is 26.9. The highest BCUT2D eigenvalue weighted by Crippen LogP contribution is 2.41. The van der Waals surface area contributed by atoms with Gasteiger partial charge in [0.25, 0.3) is 0 Å². The summed E-state index contributed by atoms with van der Waals surface area (Å²) in [5, 5.41) is 0. The van der Waals surface area contributed by atoms with Crippen LogP contribution in [-0.4, -0.2) is 12.7 Å². The molecule has 2 saturated carbocycles. The van der Waals surface area contributed by atoms with E-state index in [4.69, 9.17) is 4.74 Å². The van der Waals surface area contributed by atoms with Crippen molar-refractivity contribution in [1.29, 1.82) is 0 Å². The van der Waals surface area contributed by atoms with Gasteiger partial charge < -0.3 is 4.74 Å². The Morgan fingerprint density at radius 3 is 1.48 bits per heavy atom. The van der Waals surface area contributed by atoms with Crippen molar-refractivity contribution < 1.29 is 4.74 Å². The smallest absolute Gasteiger partial charge is 0.0575 e. The summed E-state index contributed by atoms with van der Waals surface area (Å²) in [5.74, 6) is 3.14. The van der Waals surface area contributed by atoms with E-state index in [1.807, 2.05) is 0 Å². The Kier molecular flexibility index (Phi) is 16.1. The van der Waals surface area contributed by atoms with Crippen molar-refractivity contribution in [2.75, 3.05) is 6.61 Å². The molecule has 1 heteroatoms. The van der Waals surface area contributed by atoms with Gasteiger partial charge in [-0.15, -0.1) is 0 Å². The minimum atomic E-state index is 0.588. The average molecular weight is 435 g/mol. The summed E-state index contributed by atoms with van der Waals surface area (Å²) < 4.78 is 6.26. The lowest BCUT2D eigenvalue weighted by Gasteiger charge is -2.38. The molecule has 0 atom stereocenters. The number of hydrogen-bond donors (Lipinski definition) is 0. The fraction of sp³-hybridized carbons (Fsp3) is 1.00. The van der Waals surface area contributed by atoms with Gasteiger partial charge in [-0.25, -0.2) is 0 Å². The standard InChI is InChI=1S/C30H58O/c1-3-5-7-9-11-12-14-16-26-31-30-24-22-29(23-25-30)28-20-18-27(19-21-28)17-15-13-10-8-6-4-2/h27-30H,3-26H2,1-2H3. The third-order valence-electron chi connectivity index (χ3n) is 8.59. The fourth-order valence-corrected chi connectivity index (χ4v) is 6.37. The van der Waals surface area contributed by atoms with Crippen LogP contribution >= 0.6 is 0 Å². The van der Waals surface area contributed by atoms with E-state index >= 15 is 0 Å². The highest BCUT2D eigenvalue weighted by atomic mass is 16.5. The van der Waals surface area contributed by atoms with Crippen LogP contribution in [0.4, 0.5) is 0 Å². The van der Waals surface area contributed by atoms with Crippen LogP contribution in [-0.2, 0) is 4.74 Å². The lowest BCUT2D eigenvalue weighted by molar-refractivity contribution is 0.00526. The first-order valence-electron chi connectivity index (χ1n) is 14.9. The van der Waals surface area contributed by atoms with Crippen LogP contribution in [0.2, 0.25) is 0 Å². The Labute approximate surface area is 196 Å². The van der Waals surface area contributed by atoms with Gasteiger partial charge in [0.1, 0.15) is 0 Å². The number of hydrogen-bond acceptors (Lipinski definition) is 1. The minimum absolute atomic E-state index is 0.588. The summed E-state index contributed by atoms with van der Waals surface area (Å²) in [5.41, 5.74) is 0. The molecule has 1 nitrogen and oxygen atoms in total. The van der Waals surface area contributed by atoms with E-state index < -0.39 is 0 Å². The van der Waals surface area contributed by atoms with Crippen LogP contribution in [0.1, 0.15) is 162 Å². The van der Waals surface area contributed by atoms with Gasteiger partial charge >= 0.3 is 0 Å². The first-order chi connectivity index (χ1) is 15.3. The molecule has 0 heterocycles. The molecule has 0 aromatic heterocycles. The van der Waals surface area contributed by atoms with Crippen molar-refractivity contribution in [2.24, 2.45) is 17.8 Å². The second-order valence-corrected chi connectivity index (χ2v) is 11.2. The zero-order chi connectivity index (χ0) is 22.0. The Balaban J connectivity index is 1.42. The molecular weight excluding hydrogens is 376 g/mol. The van der Waals surface area contributed by atoms with Gasteiger partial charge in [-0.1, -0.05) is 117 Å². The fourth-order valence-electron chi connectivity index (χ4n) is 6.37. The second-order valence-electron chi connectivity index (χ2n) is 11.2. The summed E-state index contributed by atoms with van der Waals surface area (Å²) in [7, 11) is 0. The molecule has 0 bridgehead atoms. The van der Waals surface area contributed by atoms with Crippen molar-refractivity contribution in [1.82, 2.24) is 0 Å². The molecule has 0 N–H and O–H groups in total. The molecule has 0 aromatic rings. The second kappa shape index (κ2) is 18.4. The number of unbranched alkanes of at least 4 members (excludes halogenated alkanes) is 12. The summed E-state index contributed by atoms with van der Waals surface area (Å²) in [6.45, 7) is 5.64. The summed E-state index contributed by atoms with van der Waals surface area (Å²) in [4.78, 5) is 0. The summed E-state index contributed by atoms with van der Waals surface area (Å²) in [6.07, 6.45) is 33.8. The zero-order valence-electron chi connectivity index (χ0n) is 21.7. The third kappa shape index (κ3) is 12.7. The molecule has 0 amide bonds. The van der Waals surface area contributed by atoms with E-state index in [0.717, 1.165) is 24.4 Å². The van der Waals surface area contributed by atoms with Gasteiger partial charge in [0.2, 0.25) is 0 Å². The van der Waals surface area contributed by atoms with Crippen LogP contribution in [0.25, 0.3) is 0 Å². The SMILES string of the molecule is CCCCCCCCCCOC1CCC(C2CCC(CCCCCCCC)CC2)CC1. The van der Waals surface area contributed by atoms with Crippen LogP contribution < -0.4 is 0 Å². The zero-order valence-corrected chi connectivity index (χ0v) is 21.7. The van der Waals surface area contributed by atoms with E-state index in [1.54, 1.807) is 0 Å². The molecule has 0 radical (unpaired) electrons. The quantitative estimate of drug-likeness (QED) is 0.195. The van der Waals surface area contributed by atoms with Crippen molar-refractivity contribution in [3.8, 4) is 0 Å². The van der Waals surface area contributed by atoms with Gasteiger partial charge in [-0.2, -0.15) is 0 Å². The van der Waals surface area contributed by atoms with Gasteiger partial charge in [-0.3, -0.25) is 0 Å². The Morgan fingerprint density at radius 2 is 0.935 bits per heavy atom. The average Bonchev–Trinajstić information content (AvgIpc) is 2.81. The van der Waals surface area contributed by atoms with Crippen molar-refractivity contribution in [3.63, 3.8) is 0 Å².